The molecule has 0 aliphatic carbocycles. The first-order chi connectivity index (χ1) is 12.1. The Balaban J connectivity index is 2.30. The zero-order valence-corrected chi connectivity index (χ0v) is 15.6. The second-order valence-corrected chi connectivity index (χ2v) is 7.94. The number of amides is 1. The molecule has 0 aliphatic rings. The van der Waals surface area contributed by atoms with Gasteiger partial charge in [-0.3, -0.25) is 9.10 Å². The van der Waals surface area contributed by atoms with Gasteiger partial charge in [-0.2, -0.15) is 0 Å². The van der Waals surface area contributed by atoms with Crippen LogP contribution in [0.15, 0.2) is 42.5 Å². The highest BCUT2D eigenvalue weighted by molar-refractivity contribution is 7.92. The molecule has 9 heteroatoms. The number of sulfonamides is 1. The summed E-state index contributed by atoms with van der Waals surface area (Å²) < 4.78 is 25.2. The SMILES string of the molecule is Cc1cc(Cl)ccc1N(CC(=O)Nc1ccccc1C(=O)O)S(C)(=O)=O. The van der Waals surface area contributed by atoms with E-state index in [1.54, 1.807) is 19.1 Å². The van der Waals surface area contributed by atoms with Crippen LogP contribution in [0, 0.1) is 6.92 Å². The van der Waals surface area contributed by atoms with Crippen molar-refractivity contribution in [2.45, 2.75) is 6.92 Å². The fourth-order valence-corrected chi connectivity index (χ4v) is 3.52. The average molecular weight is 397 g/mol. The summed E-state index contributed by atoms with van der Waals surface area (Å²) in [6, 6.07) is 10.5. The minimum absolute atomic E-state index is 0.0885. The van der Waals surface area contributed by atoms with Crippen molar-refractivity contribution in [2.24, 2.45) is 0 Å². The smallest absolute Gasteiger partial charge is 0.337 e. The number of benzene rings is 2. The number of nitrogens with one attached hydrogen (secondary N) is 1. The molecule has 2 N–H and O–H groups in total. The zero-order chi connectivity index (χ0) is 19.5. The van der Waals surface area contributed by atoms with Gasteiger partial charge < -0.3 is 10.4 Å². The summed E-state index contributed by atoms with van der Waals surface area (Å²) in [5, 5.41) is 12.0. The van der Waals surface area contributed by atoms with Gasteiger partial charge in [-0.1, -0.05) is 23.7 Å². The van der Waals surface area contributed by atoms with Crippen molar-refractivity contribution in [3.63, 3.8) is 0 Å². The van der Waals surface area contributed by atoms with Crippen molar-refractivity contribution in [3.8, 4) is 0 Å². The van der Waals surface area contributed by atoms with E-state index in [0.717, 1.165) is 10.6 Å². The van der Waals surface area contributed by atoms with Gasteiger partial charge in [0.1, 0.15) is 6.54 Å². The molecule has 0 bridgehead atoms. The van der Waals surface area contributed by atoms with E-state index in [2.05, 4.69) is 5.32 Å². The number of rotatable bonds is 6. The number of aromatic carboxylic acids is 1. The summed E-state index contributed by atoms with van der Waals surface area (Å²) in [5.41, 5.74) is 0.904. The summed E-state index contributed by atoms with van der Waals surface area (Å²) in [5.74, 6) is -1.87. The lowest BCUT2D eigenvalue weighted by molar-refractivity contribution is -0.114. The molecule has 7 nitrogen and oxygen atoms in total. The van der Waals surface area contributed by atoms with Crippen molar-refractivity contribution in [1.29, 1.82) is 0 Å². The molecule has 0 saturated heterocycles. The fraction of sp³-hybridized carbons (Fsp3) is 0.176. The van der Waals surface area contributed by atoms with E-state index < -0.39 is 28.4 Å². The van der Waals surface area contributed by atoms with E-state index in [1.807, 2.05) is 0 Å². The fourth-order valence-electron chi connectivity index (χ4n) is 2.38. The molecule has 138 valence electrons. The van der Waals surface area contributed by atoms with Gasteiger partial charge in [0.05, 0.1) is 23.2 Å². The molecule has 2 aromatic rings. The van der Waals surface area contributed by atoms with Gasteiger partial charge in [0.25, 0.3) is 0 Å². The lowest BCUT2D eigenvalue weighted by Gasteiger charge is -2.24. The lowest BCUT2D eigenvalue weighted by Crippen LogP contribution is -2.38. The van der Waals surface area contributed by atoms with E-state index in [9.17, 15) is 18.0 Å². The number of hydrogen-bond acceptors (Lipinski definition) is 4. The van der Waals surface area contributed by atoms with Crippen LogP contribution in [0.1, 0.15) is 15.9 Å². The number of carbonyl (C=O) groups is 2. The Morgan fingerprint density at radius 1 is 1.19 bits per heavy atom. The first kappa shape index (κ1) is 19.7. The quantitative estimate of drug-likeness (QED) is 0.781. The van der Waals surface area contributed by atoms with Crippen molar-refractivity contribution >= 4 is 44.9 Å². The molecule has 0 heterocycles. The monoisotopic (exact) mass is 396 g/mol. The van der Waals surface area contributed by atoms with Crippen molar-refractivity contribution < 1.29 is 23.1 Å². The molecule has 0 unspecified atom stereocenters. The predicted molar refractivity (Wildman–Crippen MR) is 100 cm³/mol. The number of carboxylic acids is 1. The number of nitrogens with zero attached hydrogens (tertiary/aromatic N) is 1. The molecule has 0 aliphatic heterocycles. The number of halogens is 1. The molecule has 0 radical (unpaired) electrons. The van der Waals surface area contributed by atoms with Gasteiger partial charge in [0.2, 0.25) is 15.9 Å². The maximum atomic E-state index is 12.4. The molecule has 2 aromatic carbocycles. The zero-order valence-electron chi connectivity index (χ0n) is 14.1. The van der Waals surface area contributed by atoms with Gasteiger partial charge in [-0.05, 0) is 42.8 Å². The van der Waals surface area contributed by atoms with Crippen molar-refractivity contribution in [3.05, 3.63) is 58.6 Å². The highest BCUT2D eigenvalue weighted by atomic mass is 35.5. The standard InChI is InChI=1S/C17H17ClN2O5S/c1-11-9-12(18)7-8-15(11)20(26(2,24)25)10-16(21)19-14-6-4-3-5-13(14)17(22)23/h3-9H,10H2,1-2H3,(H,19,21)(H,22,23). The van der Waals surface area contributed by atoms with Crippen LogP contribution >= 0.6 is 11.6 Å². The van der Waals surface area contributed by atoms with E-state index >= 15 is 0 Å². The third-order valence-electron chi connectivity index (χ3n) is 3.55. The molecule has 0 atom stereocenters. The maximum Gasteiger partial charge on any atom is 0.337 e. The van der Waals surface area contributed by atoms with Gasteiger partial charge in [0.15, 0.2) is 0 Å². The second kappa shape index (κ2) is 7.76. The normalized spacial score (nSPS) is 11.0. The average Bonchev–Trinajstić information content (AvgIpc) is 2.52. The van der Waals surface area contributed by atoms with Crippen LogP contribution < -0.4 is 9.62 Å². The van der Waals surface area contributed by atoms with Gasteiger partial charge in [-0.25, -0.2) is 13.2 Å². The summed E-state index contributed by atoms with van der Waals surface area (Å²) in [6.07, 6.45) is 0.986. The summed E-state index contributed by atoms with van der Waals surface area (Å²) >= 11 is 5.89. The number of carboxylic acid groups (broad SMARTS) is 1. The Morgan fingerprint density at radius 2 is 1.85 bits per heavy atom. The van der Waals surface area contributed by atoms with Crippen molar-refractivity contribution in [2.75, 3.05) is 22.4 Å². The van der Waals surface area contributed by atoms with Crippen LogP contribution in [0.25, 0.3) is 0 Å². The van der Waals surface area contributed by atoms with Crippen LogP contribution in [0.2, 0.25) is 5.02 Å². The number of aryl methyl sites for hydroxylation is 1. The van der Waals surface area contributed by atoms with Crippen LogP contribution in [-0.4, -0.2) is 38.2 Å². The maximum absolute atomic E-state index is 12.4. The Hall–Kier alpha value is -2.58. The van der Waals surface area contributed by atoms with Crippen LogP contribution in [0.3, 0.4) is 0 Å². The molecule has 0 saturated carbocycles. The number of hydrogen-bond donors (Lipinski definition) is 2. The van der Waals surface area contributed by atoms with E-state index in [1.165, 1.54) is 30.3 Å². The minimum atomic E-state index is -3.75. The lowest BCUT2D eigenvalue weighted by atomic mass is 10.2. The highest BCUT2D eigenvalue weighted by Crippen LogP contribution is 2.25. The van der Waals surface area contributed by atoms with Gasteiger partial charge >= 0.3 is 5.97 Å². The molecule has 1 amide bonds. The minimum Gasteiger partial charge on any atom is -0.478 e. The summed E-state index contributed by atoms with van der Waals surface area (Å²) in [6.45, 7) is 1.17. The Morgan fingerprint density at radius 3 is 2.42 bits per heavy atom. The molecule has 0 spiro atoms. The van der Waals surface area contributed by atoms with Crippen LogP contribution in [0.4, 0.5) is 11.4 Å². The van der Waals surface area contributed by atoms with E-state index in [-0.39, 0.29) is 11.3 Å². The Labute approximate surface area is 156 Å². The predicted octanol–water partition coefficient (Wildman–Crippen LogP) is 2.75. The molecule has 2 rings (SSSR count). The largest absolute Gasteiger partial charge is 0.478 e. The molecule has 26 heavy (non-hydrogen) atoms. The topological polar surface area (TPSA) is 104 Å². The number of carbonyl (C=O) groups excluding carboxylic acids is 1. The van der Waals surface area contributed by atoms with E-state index in [4.69, 9.17) is 16.7 Å². The molecular formula is C17H17ClN2O5S. The number of para-hydroxylation sites is 1. The highest BCUT2D eigenvalue weighted by Gasteiger charge is 2.23. The van der Waals surface area contributed by atoms with Crippen LogP contribution in [-0.2, 0) is 14.8 Å². The first-order valence-corrected chi connectivity index (χ1v) is 9.68. The Kier molecular flexibility index (Phi) is 5.89. The molecule has 0 aromatic heterocycles. The summed E-state index contributed by atoms with van der Waals surface area (Å²) in [7, 11) is -3.75. The third kappa shape index (κ3) is 4.74. The van der Waals surface area contributed by atoms with Crippen molar-refractivity contribution in [1.82, 2.24) is 0 Å². The second-order valence-electron chi connectivity index (χ2n) is 5.60. The third-order valence-corrected chi connectivity index (χ3v) is 4.91. The van der Waals surface area contributed by atoms with Gasteiger partial charge in [0, 0.05) is 5.02 Å². The van der Waals surface area contributed by atoms with Gasteiger partial charge in [-0.15, -0.1) is 0 Å². The first-order valence-electron chi connectivity index (χ1n) is 7.45. The van der Waals surface area contributed by atoms with E-state index in [0.29, 0.717) is 16.3 Å². The van der Waals surface area contributed by atoms with Crippen LogP contribution in [0.5, 0.6) is 0 Å². The summed E-state index contributed by atoms with van der Waals surface area (Å²) in [4.78, 5) is 23.6. The Bertz CT molecular complexity index is 959. The molecular weight excluding hydrogens is 380 g/mol. The number of anilines is 2. The molecule has 0 fully saturated rings.